The SMILES string of the molecule is CC(C)(C)OC(=O)N=C(NC(=O)OC(C)(C)C)N1CC=C(CC(NC(=O)OCC(Cl)(Cl)Cl)C(=O)O)C1. The smallest absolute Gasteiger partial charge is 0.437 e. The van der Waals surface area contributed by atoms with Crippen LogP contribution in [0, 0.1) is 0 Å². The number of carboxylic acid groups (broad SMARTS) is 1. The molecule has 0 aromatic rings. The Labute approximate surface area is 224 Å². The predicted octanol–water partition coefficient (Wildman–Crippen LogP) is 3.98. The molecule has 3 amide bonds. The maximum absolute atomic E-state index is 12.3. The molecule has 0 aromatic heterocycles. The zero-order valence-corrected chi connectivity index (χ0v) is 23.1. The van der Waals surface area contributed by atoms with Crippen LogP contribution >= 0.6 is 34.8 Å². The van der Waals surface area contributed by atoms with Crippen LogP contribution in [0.1, 0.15) is 48.0 Å². The molecule has 0 spiro atoms. The summed E-state index contributed by atoms with van der Waals surface area (Å²) in [5.41, 5.74) is -1.05. The molecule has 204 valence electrons. The lowest BCUT2D eigenvalue weighted by Crippen LogP contribution is -2.46. The molecule has 36 heavy (non-hydrogen) atoms. The Morgan fingerprint density at radius 2 is 1.64 bits per heavy atom. The highest BCUT2D eigenvalue weighted by atomic mass is 35.6. The van der Waals surface area contributed by atoms with Gasteiger partial charge in [0, 0.05) is 19.5 Å². The second-order valence-corrected chi connectivity index (χ2v) is 12.2. The van der Waals surface area contributed by atoms with Gasteiger partial charge in [-0.05, 0) is 41.5 Å². The van der Waals surface area contributed by atoms with Crippen LogP contribution in [0.25, 0.3) is 0 Å². The van der Waals surface area contributed by atoms with Crippen LogP contribution in [0.5, 0.6) is 0 Å². The number of alkyl carbamates (subject to hydrolysis) is 2. The number of aliphatic carboxylic acids is 1. The van der Waals surface area contributed by atoms with Crippen molar-refractivity contribution in [3.8, 4) is 0 Å². The average Bonchev–Trinajstić information content (AvgIpc) is 3.10. The second-order valence-electron chi connectivity index (χ2n) is 9.72. The van der Waals surface area contributed by atoms with Crippen LogP contribution in [-0.4, -0.2) is 80.9 Å². The largest absolute Gasteiger partial charge is 0.480 e. The van der Waals surface area contributed by atoms with Gasteiger partial charge in [-0.15, -0.1) is 4.99 Å². The van der Waals surface area contributed by atoms with Crippen LogP contribution < -0.4 is 10.6 Å². The van der Waals surface area contributed by atoms with Crippen molar-refractivity contribution in [1.82, 2.24) is 15.5 Å². The lowest BCUT2D eigenvalue weighted by atomic mass is 10.1. The van der Waals surface area contributed by atoms with Gasteiger partial charge in [0.25, 0.3) is 0 Å². The minimum absolute atomic E-state index is 0.0894. The third-order valence-electron chi connectivity index (χ3n) is 3.92. The topological polar surface area (TPSA) is 156 Å². The van der Waals surface area contributed by atoms with Gasteiger partial charge in [0.15, 0.2) is 0 Å². The number of hydrogen-bond acceptors (Lipinski definition) is 7. The van der Waals surface area contributed by atoms with Crippen molar-refractivity contribution < 1.29 is 38.5 Å². The highest BCUT2D eigenvalue weighted by molar-refractivity contribution is 6.67. The number of nitrogens with zero attached hydrogens (tertiary/aromatic N) is 2. The fourth-order valence-corrected chi connectivity index (χ4v) is 2.82. The quantitative estimate of drug-likeness (QED) is 0.145. The molecule has 0 radical (unpaired) electrons. The number of carbonyl (C=O) groups is 4. The molecule has 3 N–H and O–H groups in total. The number of nitrogens with one attached hydrogen (secondary N) is 2. The summed E-state index contributed by atoms with van der Waals surface area (Å²) >= 11 is 16.5. The molecule has 1 aliphatic heterocycles. The van der Waals surface area contributed by atoms with Gasteiger partial charge < -0.3 is 29.5 Å². The molecule has 1 atom stereocenters. The summed E-state index contributed by atoms with van der Waals surface area (Å²) in [6.45, 7) is 9.69. The number of aliphatic imine (C=N–C) groups is 1. The summed E-state index contributed by atoms with van der Waals surface area (Å²) in [4.78, 5) is 53.5. The molecule has 12 nitrogen and oxygen atoms in total. The molecule has 1 rings (SSSR count). The first-order chi connectivity index (χ1) is 16.2. The van der Waals surface area contributed by atoms with Gasteiger partial charge in [-0.3, -0.25) is 5.32 Å². The number of rotatable bonds is 5. The number of guanidine groups is 1. The average molecular weight is 574 g/mol. The third-order valence-corrected chi connectivity index (χ3v) is 4.25. The molecule has 0 saturated heterocycles. The van der Waals surface area contributed by atoms with Crippen molar-refractivity contribution in [2.45, 2.75) is 69.0 Å². The van der Waals surface area contributed by atoms with Gasteiger partial charge in [0.2, 0.25) is 9.75 Å². The number of carbonyl (C=O) groups excluding carboxylic acids is 3. The minimum Gasteiger partial charge on any atom is -0.480 e. The van der Waals surface area contributed by atoms with Gasteiger partial charge in [-0.1, -0.05) is 46.5 Å². The van der Waals surface area contributed by atoms with Crippen molar-refractivity contribution in [3.63, 3.8) is 0 Å². The fourth-order valence-electron chi connectivity index (χ4n) is 2.66. The van der Waals surface area contributed by atoms with Gasteiger partial charge >= 0.3 is 24.2 Å². The van der Waals surface area contributed by atoms with E-state index in [9.17, 15) is 24.3 Å². The zero-order chi connectivity index (χ0) is 27.9. The van der Waals surface area contributed by atoms with Crippen molar-refractivity contribution in [2.24, 2.45) is 4.99 Å². The van der Waals surface area contributed by atoms with E-state index in [1.165, 1.54) is 4.90 Å². The molecular weight excluding hydrogens is 543 g/mol. The lowest BCUT2D eigenvalue weighted by molar-refractivity contribution is -0.139. The Morgan fingerprint density at radius 1 is 1.06 bits per heavy atom. The number of amides is 3. The molecule has 0 aliphatic carbocycles. The van der Waals surface area contributed by atoms with E-state index in [0.29, 0.717) is 5.57 Å². The fraction of sp³-hybridized carbons (Fsp3) is 0.667. The predicted molar refractivity (Wildman–Crippen MR) is 134 cm³/mol. The molecule has 0 bridgehead atoms. The lowest BCUT2D eigenvalue weighted by Gasteiger charge is -2.25. The maximum atomic E-state index is 12.3. The first-order valence-electron chi connectivity index (χ1n) is 10.7. The monoisotopic (exact) mass is 572 g/mol. The highest BCUT2D eigenvalue weighted by Gasteiger charge is 2.29. The van der Waals surface area contributed by atoms with E-state index in [-0.39, 0.29) is 25.5 Å². The Hall–Kier alpha value is -2.44. The van der Waals surface area contributed by atoms with E-state index in [1.807, 2.05) is 0 Å². The van der Waals surface area contributed by atoms with Gasteiger partial charge in [0.05, 0.1) is 0 Å². The van der Waals surface area contributed by atoms with E-state index < -0.39 is 51.9 Å². The molecular formula is C21H31Cl3N4O8. The molecule has 1 heterocycles. The third kappa shape index (κ3) is 13.6. The van der Waals surface area contributed by atoms with Crippen molar-refractivity contribution >= 4 is 65.0 Å². The normalized spacial score (nSPS) is 15.5. The summed E-state index contributed by atoms with van der Waals surface area (Å²) in [6.07, 6.45) is -1.31. The molecule has 1 aliphatic rings. The van der Waals surface area contributed by atoms with E-state index >= 15 is 0 Å². The summed E-state index contributed by atoms with van der Waals surface area (Å²) < 4.78 is 13.3. The Kier molecular flexibility index (Phi) is 11.1. The van der Waals surface area contributed by atoms with E-state index in [4.69, 9.17) is 49.0 Å². The van der Waals surface area contributed by atoms with Crippen LogP contribution in [-0.2, 0) is 19.0 Å². The molecule has 0 saturated carbocycles. The molecule has 0 fully saturated rings. The summed E-state index contributed by atoms with van der Waals surface area (Å²) in [5.74, 6) is -1.47. The standard InChI is InChI=1S/C21H31Cl3N4O8/c1-19(2,3)35-17(32)26-15(27-18(33)36-20(4,5)6)28-8-7-12(10-28)9-13(14(29)30)25-16(31)34-11-21(22,23)24/h7,13H,8-11H2,1-6H3,(H,25,31)(H,29,30)(H,26,27,32,33). The van der Waals surface area contributed by atoms with Crippen LogP contribution in [0.3, 0.4) is 0 Å². The van der Waals surface area contributed by atoms with Crippen LogP contribution in [0.2, 0.25) is 0 Å². The Morgan fingerprint density at radius 3 is 2.14 bits per heavy atom. The van der Waals surface area contributed by atoms with Crippen molar-refractivity contribution in [2.75, 3.05) is 19.7 Å². The Bertz CT molecular complexity index is 904. The Balaban J connectivity index is 2.92. The molecule has 1 unspecified atom stereocenters. The maximum Gasteiger partial charge on any atom is 0.437 e. The van der Waals surface area contributed by atoms with Gasteiger partial charge in [-0.25, -0.2) is 19.2 Å². The van der Waals surface area contributed by atoms with Gasteiger partial charge in [-0.2, -0.15) is 0 Å². The second kappa shape index (κ2) is 12.7. The van der Waals surface area contributed by atoms with Crippen LogP contribution in [0.4, 0.5) is 14.4 Å². The first kappa shape index (κ1) is 31.6. The highest BCUT2D eigenvalue weighted by Crippen LogP contribution is 2.26. The summed E-state index contributed by atoms with van der Waals surface area (Å²) in [7, 11) is 0. The van der Waals surface area contributed by atoms with E-state index in [1.54, 1.807) is 47.6 Å². The summed E-state index contributed by atoms with van der Waals surface area (Å²) in [5, 5.41) is 14.1. The van der Waals surface area contributed by atoms with E-state index in [0.717, 1.165) is 0 Å². The number of hydrogen-bond donors (Lipinski definition) is 3. The number of halogens is 3. The number of carboxylic acids is 1. The van der Waals surface area contributed by atoms with Gasteiger partial charge in [0.1, 0.15) is 23.9 Å². The number of alkyl halides is 3. The first-order valence-corrected chi connectivity index (χ1v) is 11.8. The molecule has 0 aromatic carbocycles. The van der Waals surface area contributed by atoms with Crippen molar-refractivity contribution in [1.29, 1.82) is 0 Å². The zero-order valence-electron chi connectivity index (χ0n) is 20.8. The van der Waals surface area contributed by atoms with Crippen LogP contribution in [0.15, 0.2) is 16.6 Å². The summed E-state index contributed by atoms with van der Waals surface area (Å²) in [6, 6.07) is -1.36. The molecule has 15 heteroatoms. The number of ether oxygens (including phenoxy) is 3. The minimum atomic E-state index is -1.85. The van der Waals surface area contributed by atoms with Crippen molar-refractivity contribution in [3.05, 3.63) is 11.6 Å². The van der Waals surface area contributed by atoms with E-state index in [2.05, 4.69) is 15.6 Å².